The summed E-state index contributed by atoms with van der Waals surface area (Å²) in [6.07, 6.45) is 5.06. The molecule has 9 nitrogen and oxygen atoms in total. The van der Waals surface area contributed by atoms with Crippen LogP contribution in [0.1, 0.15) is 65.8 Å². The van der Waals surface area contributed by atoms with E-state index in [2.05, 4.69) is 22.5 Å². The van der Waals surface area contributed by atoms with E-state index in [1.807, 2.05) is 0 Å². The maximum Gasteiger partial charge on any atom is 0.312 e. The van der Waals surface area contributed by atoms with E-state index in [1.165, 1.54) is 30.4 Å². The van der Waals surface area contributed by atoms with Crippen molar-refractivity contribution in [2.45, 2.75) is 66.0 Å². The Kier molecular flexibility index (Phi) is 4.92. The van der Waals surface area contributed by atoms with Crippen LogP contribution in [-0.2, 0) is 6.54 Å². The predicted molar refractivity (Wildman–Crippen MR) is 105 cm³/mol. The molecule has 0 aromatic carbocycles. The molecule has 0 aliphatic heterocycles. The number of carbonyl (C=O) groups excluding carboxylic acids is 1. The number of nitro groups is 1. The van der Waals surface area contributed by atoms with Gasteiger partial charge in [0.25, 0.3) is 5.91 Å². The van der Waals surface area contributed by atoms with E-state index in [0.29, 0.717) is 34.5 Å². The zero-order chi connectivity index (χ0) is 20.9. The van der Waals surface area contributed by atoms with Gasteiger partial charge < -0.3 is 9.84 Å². The van der Waals surface area contributed by atoms with Gasteiger partial charge in [-0.1, -0.05) is 11.6 Å². The molecule has 2 fully saturated rings. The second kappa shape index (κ2) is 7.27. The van der Waals surface area contributed by atoms with E-state index in [4.69, 9.17) is 4.52 Å². The van der Waals surface area contributed by atoms with Crippen LogP contribution < -0.4 is 5.32 Å². The minimum absolute atomic E-state index is 0.00461. The van der Waals surface area contributed by atoms with Crippen molar-refractivity contribution in [2.24, 2.45) is 17.8 Å². The summed E-state index contributed by atoms with van der Waals surface area (Å²) >= 11 is 0. The lowest BCUT2D eigenvalue weighted by atomic mass is 9.84. The number of nitrogens with zero attached hydrogens (tertiary/aromatic N) is 4. The summed E-state index contributed by atoms with van der Waals surface area (Å²) < 4.78 is 6.81. The van der Waals surface area contributed by atoms with Gasteiger partial charge in [-0.25, -0.2) is 0 Å². The third kappa shape index (κ3) is 3.42. The highest BCUT2D eigenvalue weighted by atomic mass is 16.6. The van der Waals surface area contributed by atoms with Crippen LogP contribution in [0.5, 0.6) is 0 Å². The Balaban J connectivity index is 1.52. The summed E-state index contributed by atoms with van der Waals surface area (Å²) in [6, 6.07) is 0.0810. The van der Waals surface area contributed by atoms with Crippen molar-refractivity contribution in [3.8, 4) is 0 Å². The second-order valence-electron chi connectivity index (χ2n) is 8.60. The average molecular weight is 401 g/mol. The molecule has 9 heteroatoms. The molecule has 2 bridgehead atoms. The van der Waals surface area contributed by atoms with Gasteiger partial charge in [0.1, 0.15) is 17.1 Å². The van der Waals surface area contributed by atoms with Crippen molar-refractivity contribution in [2.75, 3.05) is 0 Å². The first kappa shape index (κ1) is 19.6. The highest BCUT2D eigenvalue weighted by Crippen LogP contribution is 2.49. The molecule has 1 N–H and O–H groups in total. The molecule has 0 unspecified atom stereocenters. The van der Waals surface area contributed by atoms with Crippen LogP contribution in [0, 0.1) is 48.6 Å². The van der Waals surface area contributed by atoms with E-state index in [1.54, 1.807) is 20.8 Å². The van der Waals surface area contributed by atoms with E-state index in [9.17, 15) is 14.9 Å². The highest BCUT2D eigenvalue weighted by Gasteiger charge is 2.42. The molecule has 0 spiro atoms. The van der Waals surface area contributed by atoms with E-state index < -0.39 is 4.92 Å². The first-order valence-corrected chi connectivity index (χ1v) is 10.2. The lowest BCUT2D eigenvalue weighted by Crippen LogP contribution is -2.40. The van der Waals surface area contributed by atoms with Gasteiger partial charge in [-0.2, -0.15) is 5.10 Å². The van der Waals surface area contributed by atoms with Crippen LogP contribution in [0.15, 0.2) is 4.52 Å². The predicted octanol–water partition coefficient (Wildman–Crippen LogP) is 3.31. The fraction of sp³-hybridized carbons (Fsp3) is 0.650. The van der Waals surface area contributed by atoms with Gasteiger partial charge in [0, 0.05) is 11.6 Å². The first-order chi connectivity index (χ1) is 13.8. The van der Waals surface area contributed by atoms with Crippen molar-refractivity contribution in [3.05, 3.63) is 38.5 Å². The molecule has 2 heterocycles. The largest absolute Gasteiger partial charge is 0.361 e. The van der Waals surface area contributed by atoms with Gasteiger partial charge >= 0.3 is 5.69 Å². The fourth-order valence-corrected chi connectivity index (χ4v) is 5.30. The summed E-state index contributed by atoms with van der Waals surface area (Å²) in [6.45, 7) is 7.25. The van der Waals surface area contributed by atoms with Gasteiger partial charge in [0.2, 0.25) is 0 Å². The number of hydrogen-bond donors (Lipinski definition) is 1. The fourth-order valence-electron chi connectivity index (χ4n) is 5.30. The Hall–Kier alpha value is -2.71. The molecule has 0 radical (unpaired) electrons. The molecule has 2 saturated carbocycles. The van der Waals surface area contributed by atoms with Crippen LogP contribution >= 0.6 is 0 Å². The Morgan fingerprint density at radius 3 is 2.69 bits per heavy atom. The molecule has 4 atom stereocenters. The van der Waals surface area contributed by atoms with Crippen LogP contribution in [0.2, 0.25) is 0 Å². The number of rotatable bonds is 6. The Morgan fingerprint density at radius 2 is 2.10 bits per heavy atom. The van der Waals surface area contributed by atoms with E-state index in [0.717, 1.165) is 5.92 Å². The van der Waals surface area contributed by atoms with E-state index in [-0.39, 0.29) is 29.9 Å². The van der Waals surface area contributed by atoms with Crippen LogP contribution in [-0.4, -0.2) is 31.8 Å². The average Bonchev–Trinajstić information content (AvgIpc) is 3.41. The van der Waals surface area contributed by atoms with Crippen LogP contribution in [0.25, 0.3) is 0 Å². The Bertz CT molecular complexity index is 962. The van der Waals surface area contributed by atoms with Crippen molar-refractivity contribution in [1.29, 1.82) is 0 Å². The number of fused-ring (bicyclic) bond motifs is 2. The standard InChI is InChI=1S/C20H27N5O4/c1-10(16-8-14-5-6-15(16)7-14)21-20(26)18-17(13(4)29-23-18)9-24-12(3)19(25(27)28)11(2)22-24/h10,14-16H,5-9H2,1-4H3,(H,21,26)/t10-,14-,15-,16-/m0/s1. The Labute approximate surface area is 169 Å². The third-order valence-electron chi connectivity index (χ3n) is 6.83. The molecule has 2 aliphatic carbocycles. The normalized spacial score (nSPS) is 24.1. The van der Waals surface area contributed by atoms with Crippen molar-refractivity contribution < 1.29 is 14.2 Å². The van der Waals surface area contributed by atoms with Gasteiger partial charge in [-0.05, 0) is 64.7 Å². The minimum atomic E-state index is -0.431. The molecular formula is C20H27N5O4. The highest BCUT2D eigenvalue weighted by molar-refractivity contribution is 5.94. The quantitative estimate of drug-likeness (QED) is 0.586. The zero-order valence-corrected chi connectivity index (χ0v) is 17.3. The lowest BCUT2D eigenvalue weighted by Gasteiger charge is -2.28. The van der Waals surface area contributed by atoms with Gasteiger partial charge in [0.15, 0.2) is 5.69 Å². The molecule has 4 rings (SSSR count). The van der Waals surface area contributed by atoms with Crippen molar-refractivity contribution >= 4 is 11.6 Å². The SMILES string of the molecule is Cc1nn(Cc2c(C(=O)N[C@@H](C)[C@@H]3C[C@H]4CC[C@H]3C4)noc2C)c(C)c1[N+](=O)[O-]. The van der Waals surface area contributed by atoms with E-state index >= 15 is 0 Å². The zero-order valence-electron chi connectivity index (χ0n) is 17.3. The molecule has 0 saturated heterocycles. The molecule has 2 aromatic rings. The topological polar surface area (TPSA) is 116 Å². The smallest absolute Gasteiger partial charge is 0.312 e. The van der Waals surface area contributed by atoms with Gasteiger partial charge in [-0.3, -0.25) is 19.6 Å². The van der Waals surface area contributed by atoms with Crippen molar-refractivity contribution in [3.63, 3.8) is 0 Å². The number of carbonyl (C=O) groups is 1. The Morgan fingerprint density at radius 1 is 1.34 bits per heavy atom. The summed E-state index contributed by atoms with van der Waals surface area (Å²) in [5, 5.41) is 22.6. The molecule has 2 aliphatic rings. The third-order valence-corrected chi connectivity index (χ3v) is 6.83. The second-order valence-corrected chi connectivity index (χ2v) is 8.60. The molecule has 29 heavy (non-hydrogen) atoms. The number of aromatic nitrogens is 3. The number of amides is 1. The monoisotopic (exact) mass is 401 g/mol. The molecule has 1 amide bonds. The molecule has 2 aromatic heterocycles. The lowest BCUT2D eigenvalue weighted by molar-refractivity contribution is -0.386. The molecular weight excluding hydrogens is 374 g/mol. The number of nitrogens with one attached hydrogen (secondary N) is 1. The maximum atomic E-state index is 12.9. The maximum absolute atomic E-state index is 12.9. The molecule has 156 valence electrons. The summed E-state index contributed by atoms with van der Waals surface area (Å²) in [4.78, 5) is 23.8. The number of aryl methyl sites for hydroxylation is 2. The van der Waals surface area contributed by atoms with Gasteiger partial charge in [-0.15, -0.1) is 0 Å². The van der Waals surface area contributed by atoms with Crippen LogP contribution in [0.4, 0.5) is 5.69 Å². The summed E-state index contributed by atoms with van der Waals surface area (Å²) in [5.41, 5.74) is 1.61. The number of hydrogen-bond acceptors (Lipinski definition) is 6. The van der Waals surface area contributed by atoms with Crippen LogP contribution in [0.3, 0.4) is 0 Å². The summed E-state index contributed by atoms with van der Waals surface area (Å²) in [7, 11) is 0. The van der Waals surface area contributed by atoms with Crippen molar-refractivity contribution in [1.82, 2.24) is 20.3 Å². The summed E-state index contributed by atoms with van der Waals surface area (Å²) in [5.74, 6) is 2.30. The first-order valence-electron chi connectivity index (χ1n) is 10.2. The van der Waals surface area contributed by atoms with Gasteiger partial charge in [0.05, 0.1) is 11.5 Å². The minimum Gasteiger partial charge on any atom is -0.361 e.